The molecule has 0 aliphatic heterocycles. The van der Waals surface area contributed by atoms with E-state index in [0.717, 1.165) is 16.3 Å². The van der Waals surface area contributed by atoms with Crippen LogP contribution in [0.2, 0.25) is 0 Å². The van der Waals surface area contributed by atoms with Gasteiger partial charge in [-0.25, -0.2) is 0 Å². The largest absolute Gasteiger partial charge is 0.395 e. The number of H-pyrrole nitrogens is 1. The van der Waals surface area contributed by atoms with Gasteiger partial charge in [-0.05, 0) is 19.9 Å². The van der Waals surface area contributed by atoms with Gasteiger partial charge in [-0.1, -0.05) is 11.8 Å². The first-order valence-corrected chi connectivity index (χ1v) is 7.01. The van der Waals surface area contributed by atoms with Gasteiger partial charge in [0, 0.05) is 11.8 Å². The Morgan fingerprint density at radius 1 is 1.55 bits per heavy atom. The van der Waals surface area contributed by atoms with Crippen molar-refractivity contribution in [3.63, 3.8) is 0 Å². The number of hydrogen-bond donors (Lipinski definition) is 3. The van der Waals surface area contributed by atoms with E-state index in [9.17, 15) is 4.79 Å². The number of nitrogens with zero attached hydrogens (tertiary/aromatic N) is 1. The predicted octanol–water partition coefficient (Wildman–Crippen LogP) is 2.07. The number of hydrogen-bond acceptors (Lipinski definition) is 4. The Bertz CT molecular complexity index is 657. The molecule has 2 aromatic rings. The van der Waals surface area contributed by atoms with Crippen molar-refractivity contribution >= 4 is 22.9 Å². The Balaban J connectivity index is 2.09. The van der Waals surface area contributed by atoms with E-state index in [0.29, 0.717) is 17.7 Å². The van der Waals surface area contributed by atoms with Gasteiger partial charge in [-0.15, -0.1) is 11.3 Å². The molecule has 0 atom stereocenters. The van der Waals surface area contributed by atoms with Crippen LogP contribution in [0.1, 0.15) is 33.0 Å². The maximum absolute atomic E-state index is 12.1. The molecule has 6 heteroatoms. The molecule has 0 spiro atoms. The van der Waals surface area contributed by atoms with E-state index in [-0.39, 0.29) is 12.5 Å². The molecular formula is C14H15N3O2S. The summed E-state index contributed by atoms with van der Waals surface area (Å²) in [5.41, 5.74) is 2.88. The number of carbonyl (C=O) groups excluding carboxylic acids is 1. The van der Waals surface area contributed by atoms with E-state index in [1.807, 2.05) is 13.8 Å². The number of aliphatic hydroxyl groups is 1. The average molecular weight is 289 g/mol. The minimum atomic E-state index is -0.177. The number of aliphatic hydroxyl groups excluding tert-OH is 1. The molecule has 104 valence electrons. The van der Waals surface area contributed by atoms with Gasteiger partial charge in [0.2, 0.25) is 0 Å². The Morgan fingerprint density at radius 2 is 2.35 bits per heavy atom. The second-order valence-corrected chi connectivity index (χ2v) is 5.15. The lowest BCUT2D eigenvalue weighted by atomic mass is 10.2. The van der Waals surface area contributed by atoms with Crippen LogP contribution in [0.25, 0.3) is 0 Å². The lowest BCUT2D eigenvalue weighted by molar-refractivity contribution is 0.102. The molecular weight excluding hydrogens is 274 g/mol. The van der Waals surface area contributed by atoms with E-state index in [4.69, 9.17) is 5.11 Å². The highest BCUT2D eigenvalue weighted by Crippen LogP contribution is 2.19. The fraction of sp³-hybridized carbons (Fsp3) is 0.286. The van der Waals surface area contributed by atoms with Crippen molar-refractivity contribution in [3.05, 3.63) is 33.3 Å². The SMILES string of the molecule is Cc1n[nH]c(C)c1NC(=O)c1csc(C#CCCO)c1. The number of amides is 1. The van der Waals surface area contributed by atoms with Crippen LogP contribution in [0.15, 0.2) is 11.4 Å². The molecule has 0 saturated carbocycles. The molecule has 0 radical (unpaired) electrons. The van der Waals surface area contributed by atoms with Crippen LogP contribution < -0.4 is 5.32 Å². The summed E-state index contributed by atoms with van der Waals surface area (Å²) < 4.78 is 0. The van der Waals surface area contributed by atoms with E-state index < -0.39 is 0 Å². The maximum Gasteiger partial charge on any atom is 0.256 e. The van der Waals surface area contributed by atoms with Crippen LogP contribution in [0.5, 0.6) is 0 Å². The summed E-state index contributed by atoms with van der Waals surface area (Å²) in [6, 6.07) is 1.75. The zero-order valence-electron chi connectivity index (χ0n) is 11.3. The molecule has 0 bridgehead atoms. The number of aromatic amines is 1. The number of aromatic nitrogens is 2. The summed E-state index contributed by atoms with van der Waals surface area (Å²) in [6.07, 6.45) is 0.437. The maximum atomic E-state index is 12.1. The van der Waals surface area contributed by atoms with E-state index in [1.165, 1.54) is 11.3 Å². The molecule has 2 aromatic heterocycles. The third kappa shape index (κ3) is 3.26. The molecule has 2 rings (SSSR count). The summed E-state index contributed by atoms with van der Waals surface area (Å²) >= 11 is 1.41. The first-order valence-electron chi connectivity index (χ1n) is 6.13. The summed E-state index contributed by atoms with van der Waals surface area (Å²) in [7, 11) is 0. The monoisotopic (exact) mass is 289 g/mol. The van der Waals surface area contributed by atoms with Crippen molar-refractivity contribution in [2.45, 2.75) is 20.3 Å². The molecule has 0 fully saturated rings. The molecule has 0 aliphatic carbocycles. The molecule has 2 heterocycles. The molecule has 20 heavy (non-hydrogen) atoms. The quantitative estimate of drug-likeness (QED) is 0.757. The Kier molecular flexibility index (Phi) is 4.56. The van der Waals surface area contributed by atoms with Gasteiger partial charge < -0.3 is 10.4 Å². The fourth-order valence-electron chi connectivity index (χ4n) is 1.65. The van der Waals surface area contributed by atoms with Crippen molar-refractivity contribution < 1.29 is 9.90 Å². The fourth-order valence-corrected chi connectivity index (χ4v) is 2.40. The van der Waals surface area contributed by atoms with Crippen LogP contribution in [0.3, 0.4) is 0 Å². The van der Waals surface area contributed by atoms with E-state index in [1.54, 1.807) is 11.4 Å². The highest BCUT2D eigenvalue weighted by atomic mass is 32.1. The van der Waals surface area contributed by atoms with Crippen molar-refractivity contribution in [2.24, 2.45) is 0 Å². The smallest absolute Gasteiger partial charge is 0.256 e. The van der Waals surface area contributed by atoms with Crippen LogP contribution in [0, 0.1) is 25.7 Å². The minimum Gasteiger partial charge on any atom is -0.395 e. The number of carbonyl (C=O) groups is 1. The van der Waals surface area contributed by atoms with Gasteiger partial charge in [0.25, 0.3) is 5.91 Å². The first-order chi connectivity index (χ1) is 9.61. The van der Waals surface area contributed by atoms with Crippen molar-refractivity contribution in [2.75, 3.05) is 11.9 Å². The third-order valence-electron chi connectivity index (χ3n) is 2.68. The first kappa shape index (κ1) is 14.3. The highest BCUT2D eigenvalue weighted by Gasteiger charge is 2.13. The second-order valence-electron chi connectivity index (χ2n) is 4.24. The number of anilines is 1. The zero-order chi connectivity index (χ0) is 14.5. The van der Waals surface area contributed by atoms with Crippen LogP contribution in [-0.4, -0.2) is 27.8 Å². The van der Waals surface area contributed by atoms with Gasteiger partial charge in [-0.3, -0.25) is 9.89 Å². The van der Waals surface area contributed by atoms with Crippen LogP contribution in [0.4, 0.5) is 5.69 Å². The van der Waals surface area contributed by atoms with Crippen LogP contribution >= 0.6 is 11.3 Å². The molecule has 0 aliphatic rings. The lowest BCUT2D eigenvalue weighted by Gasteiger charge is -2.02. The average Bonchev–Trinajstić information content (AvgIpc) is 3.01. The predicted molar refractivity (Wildman–Crippen MR) is 78.9 cm³/mol. The Hall–Kier alpha value is -2.10. The van der Waals surface area contributed by atoms with Crippen molar-refractivity contribution in [1.82, 2.24) is 10.2 Å². The minimum absolute atomic E-state index is 0.0464. The highest BCUT2D eigenvalue weighted by molar-refractivity contribution is 7.10. The van der Waals surface area contributed by atoms with Crippen LogP contribution in [-0.2, 0) is 0 Å². The van der Waals surface area contributed by atoms with E-state index in [2.05, 4.69) is 27.4 Å². The third-order valence-corrected chi connectivity index (χ3v) is 3.52. The second kappa shape index (κ2) is 6.37. The summed E-state index contributed by atoms with van der Waals surface area (Å²) in [5.74, 6) is 5.57. The number of thiophene rings is 1. The van der Waals surface area contributed by atoms with Gasteiger partial charge in [0.05, 0.1) is 34.1 Å². The number of nitrogens with one attached hydrogen (secondary N) is 2. The Labute approximate surface area is 121 Å². The van der Waals surface area contributed by atoms with Gasteiger partial charge >= 0.3 is 0 Å². The molecule has 0 saturated heterocycles. The molecule has 0 unspecified atom stereocenters. The van der Waals surface area contributed by atoms with E-state index >= 15 is 0 Å². The summed E-state index contributed by atoms with van der Waals surface area (Å²) in [6.45, 7) is 3.73. The topological polar surface area (TPSA) is 78.0 Å². The standard InChI is InChI=1S/C14H15N3O2S/c1-9-13(10(2)17-16-9)15-14(19)11-7-12(20-8-11)5-3-4-6-18/h7-8,18H,4,6H2,1-2H3,(H,15,19)(H,16,17). The van der Waals surface area contributed by atoms with Gasteiger partial charge in [0.1, 0.15) is 0 Å². The number of aryl methyl sites for hydroxylation is 2. The Morgan fingerprint density at radius 3 is 3.00 bits per heavy atom. The summed E-state index contributed by atoms with van der Waals surface area (Å²) in [4.78, 5) is 12.9. The number of rotatable bonds is 3. The van der Waals surface area contributed by atoms with Crippen molar-refractivity contribution in [3.8, 4) is 11.8 Å². The molecule has 3 N–H and O–H groups in total. The van der Waals surface area contributed by atoms with Gasteiger partial charge in [0.15, 0.2) is 0 Å². The summed E-state index contributed by atoms with van der Waals surface area (Å²) in [5, 5.41) is 20.1. The molecule has 1 amide bonds. The van der Waals surface area contributed by atoms with Crippen molar-refractivity contribution in [1.29, 1.82) is 0 Å². The zero-order valence-corrected chi connectivity index (χ0v) is 12.1. The molecule has 5 nitrogen and oxygen atoms in total. The lowest BCUT2D eigenvalue weighted by Crippen LogP contribution is -2.11. The normalized spacial score (nSPS) is 9.95. The molecule has 0 aromatic carbocycles. The van der Waals surface area contributed by atoms with Gasteiger partial charge in [-0.2, -0.15) is 5.10 Å².